The molecule has 5 nitrogen and oxygen atoms in total. The largest absolute Gasteiger partial charge is 0.435 e. The number of halogens is 2. The number of nitrogens with one attached hydrogen (secondary N) is 2. The van der Waals surface area contributed by atoms with E-state index in [1.807, 2.05) is 24.3 Å². The van der Waals surface area contributed by atoms with Crippen molar-refractivity contribution in [2.75, 3.05) is 5.32 Å². The van der Waals surface area contributed by atoms with Crippen molar-refractivity contribution < 1.29 is 23.4 Å². The summed E-state index contributed by atoms with van der Waals surface area (Å²) >= 11 is 0. The highest BCUT2D eigenvalue weighted by Gasteiger charge is 2.31. The number of amides is 2. The van der Waals surface area contributed by atoms with Gasteiger partial charge < -0.3 is 20.5 Å². The molecule has 24 heavy (non-hydrogen) atoms. The van der Waals surface area contributed by atoms with Crippen molar-refractivity contribution in [3.8, 4) is 5.75 Å². The van der Waals surface area contributed by atoms with E-state index in [0.29, 0.717) is 12.1 Å². The number of hydrogen-bond donors (Lipinski definition) is 3. The van der Waals surface area contributed by atoms with Crippen LogP contribution in [0.2, 0.25) is 0 Å². The molecule has 0 saturated carbocycles. The van der Waals surface area contributed by atoms with Crippen LogP contribution in [-0.2, 0) is 6.42 Å². The van der Waals surface area contributed by atoms with Gasteiger partial charge in [0.1, 0.15) is 5.75 Å². The minimum atomic E-state index is -2.93. The zero-order chi connectivity index (χ0) is 17.1. The van der Waals surface area contributed by atoms with Crippen molar-refractivity contribution in [2.45, 2.75) is 25.2 Å². The van der Waals surface area contributed by atoms with Crippen molar-refractivity contribution >= 4 is 11.7 Å². The minimum absolute atomic E-state index is 0.0472. The summed E-state index contributed by atoms with van der Waals surface area (Å²) in [6.45, 7) is -2.93. The van der Waals surface area contributed by atoms with Crippen LogP contribution >= 0.6 is 0 Å². The van der Waals surface area contributed by atoms with Crippen LogP contribution < -0.4 is 15.4 Å². The summed E-state index contributed by atoms with van der Waals surface area (Å²) in [5.74, 6) is -0.0472. The summed E-state index contributed by atoms with van der Waals surface area (Å²) in [4.78, 5) is 12.1. The van der Waals surface area contributed by atoms with Gasteiger partial charge in [0, 0.05) is 18.2 Å². The number of rotatable bonds is 4. The summed E-state index contributed by atoms with van der Waals surface area (Å²) in [6, 6.07) is 12.1. The van der Waals surface area contributed by atoms with E-state index < -0.39 is 24.8 Å². The van der Waals surface area contributed by atoms with Gasteiger partial charge in [-0.1, -0.05) is 30.3 Å². The first kappa shape index (κ1) is 16.2. The predicted octanol–water partition coefficient (Wildman–Crippen LogP) is 3.07. The average molecular weight is 334 g/mol. The molecule has 0 aromatic heterocycles. The van der Waals surface area contributed by atoms with Gasteiger partial charge in [-0.05, 0) is 23.3 Å². The lowest BCUT2D eigenvalue weighted by atomic mass is 10.1. The van der Waals surface area contributed by atoms with E-state index in [0.717, 1.165) is 11.1 Å². The van der Waals surface area contributed by atoms with Gasteiger partial charge in [-0.25, -0.2) is 4.79 Å². The zero-order valence-corrected chi connectivity index (χ0v) is 12.6. The monoisotopic (exact) mass is 334 g/mol. The van der Waals surface area contributed by atoms with E-state index in [9.17, 15) is 18.7 Å². The fraction of sp³-hybridized carbons (Fsp3) is 0.235. The van der Waals surface area contributed by atoms with Crippen LogP contribution in [0.5, 0.6) is 5.75 Å². The number of carbonyl (C=O) groups is 1. The van der Waals surface area contributed by atoms with Crippen molar-refractivity contribution in [1.29, 1.82) is 0 Å². The maximum atomic E-state index is 12.2. The van der Waals surface area contributed by atoms with E-state index in [4.69, 9.17) is 0 Å². The molecule has 2 amide bonds. The van der Waals surface area contributed by atoms with Crippen LogP contribution in [0.3, 0.4) is 0 Å². The molecule has 2 aromatic rings. The Kier molecular flexibility index (Phi) is 4.61. The lowest BCUT2D eigenvalue weighted by Gasteiger charge is -2.18. The number of alkyl halides is 2. The molecule has 3 rings (SSSR count). The van der Waals surface area contributed by atoms with E-state index in [2.05, 4.69) is 15.4 Å². The average Bonchev–Trinajstić information content (AvgIpc) is 2.83. The first-order chi connectivity index (χ1) is 11.5. The van der Waals surface area contributed by atoms with Crippen LogP contribution in [-0.4, -0.2) is 23.9 Å². The quantitative estimate of drug-likeness (QED) is 0.805. The number of benzene rings is 2. The summed E-state index contributed by atoms with van der Waals surface area (Å²) in [7, 11) is 0. The van der Waals surface area contributed by atoms with Crippen LogP contribution in [0.1, 0.15) is 17.2 Å². The molecule has 0 radical (unpaired) electrons. The predicted molar refractivity (Wildman–Crippen MR) is 84.1 cm³/mol. The fourth-order valence-electron chi connectivity index (χ4n) is 2.81. The molecule has 126 valence electrons. The SMILES string of the molecule is O=C(Nc1cccc(OC(F)F)c1)N[C@H]1c2ccccc2C[C@H]1O. The van der Waals surface area contributed by atoms with Gasteiger partial charge in [0.15, 0.2) is 0 Å². The number of aliphatic hydroxyl groups is 1. The number of anilines is 1. The number of hydrogen-bond acceptors (Lipinski definition) is 3. The highest BCUT2D eigenvalue weighted by atomic mass is 19.3. The molecule has 0 spiro atoms. The molecule has 1 aliphatic carbocycles. The van der Waals surface area contributed by atoms with E-state index in [-0.39, 0.29) is 5.75 Å². The van der Waals surface area contributed by atoms with Crippen LogP contribution in [0, 0.1) is 0 Å². The number of fused-ring (bicyclic) bond motifs is 1. The van der Waals surface area contributed by atoms with Gasteiger partial charge in [-0.2, -0.15) is 8.78 Å². The summed E-state index contributed by atoms with van der Waals surface area (Å²) in [6.07, 6.45) is -0.236. The zero-order valence-electron chi connectivity index (χ0n) is 12.6. The lowest BCUT2D eigenvalue weighted by Crippen LogP contribution is -2.36. The van der Waals surface area contributed by atoms with Crippen LogP contribution in [0.4, 0.5) is 19.3 Å². The second-order valence-corrected chi connectivity index (χ2v) is 5.45. The number of urea groups is 1. The third-order valence-electron chi connectivity index (χ3n) is 3.81. The first-order valence-electron chi connectivity index (χ1n) is 7.41. The Labute approximate surface area is 137 Å². The van der Waals surface area contributed by atoms with Crippen molar-refractivity contribution in [2.24, 2.45) is 0 Å². The normalized spacial score (nSPS) is 19.0. The molecule has 0 saturated heterocycles. The Balaban J connectivity index is 1.66. The van der Waals surface area contributed by atoms with Gasteiger partial charge in [-0.15, -0.1) is 0 Å². The number of carbonyl (C=O) groups excluding carboxylic acids is 1. The molecule has 1 aliphatic rings. The van der Waals surface area contributed by atoms with E-state index >= 15 is 0 Å². The molecule has 0 bridgehead atoms. The molecule has 2 atom stereocenters. The van der Waals surface area contributed by atoms with Crippen molar-refractivity contribution in [1.82, 2.24) is 5.32 Å². The number of aliphatic hydroxyl groups excluding tert-OH is 1. The first-order valence-corrected chi connectivity index (χ1v) is 7.41. The summed E-state index contributed by atoms with van der Waals surface area (Å²) in [5.41, 5.74) is 2.17. The molecule has 7 heteroatoms. The molecule has 0 heterocycles. The minimum Gasteiger partial charge on any atom is -0.435 e. The van der Waals surface area contributed by atoms with E-state index in [1.165, 1.54) is 18.2 Å². The van der Waals surface area contributed by atoms with Crippen LogP contribution in [0.15, 0.2) is 48.5 Å². The van der Waals surface area contributed by atoms with Gasteiger partial charge in [-0.3, -0.25) is 0 Å². The second kappa shape index (κ2) is 6.84. The van der Waals surface area contributed by atoms with Gasteiger partial charge in [0.2, 0.25) is 0 Å². The lowest BCUT2D eigenvalue weighted by molar-refractivity contribution is -0.0498. The Hall–Kier alpha value is -2.67. The van der Waals surface area contributed by atoms with E-state index in [1.54, 1.807) is 6.07 Å². The highest BCUT2D eigenvalue weighted by Crippen LogP contribution is 2.31. The smallest absolute Gasteiger partial charge is 0.387 e. The fourth-order valence-corrected chi connectivity index (χ4v) is 2.81. The standard InChI is InChI=1S/C17H16F2N2O3/c18-16(19)24-12-6-3-5-11(9-12)20-17(23)21-15-13-7-2-1-4-10(13)8-14(15)22/h1-7,9,14-16,22H,8H2,(H2,20,21,23)/t14-,15+/m1/s1. The van der Waals surface area contributed by atoms with Gasteiger partial charge in [0.05, 0.1) is 12.1 Å². The third kappa shape index (κ3) is 3.62. The molecule has 3 N–H and O–H groups in total. The molecule has 0 unspecified atom stereocenters. The van der Waals surface area contributed by atoms with Gasteiger partial charge >= 0.3 is 12.6 Å². The van der Waals surface area contributed by atoms with Crippen molar-refractivity contribution in [3.05, 3.63) is 59.7 Å². The summed E-state index contributed by atoms with van der Waals surface area (Å²) < 4.78 is 28.7. The molecule has 0 fully saturated rings. The maximum Gasteiger partial charge on any atom is 0.387 e. The van der Waals surface area contributed by atoms with Crippen molar-refractivity contribution in [3.63, 3.8) is 0 Å². The third-order valence-corrected chi connectivity index (χ3v) is 3.81. The molecular formula is C17H16F2N2O3. The Morgan fingerprint density at radius 1 is 1.21 bits per heavy atom. The van der Waals surface area contributed by atoms with Gasteiger partial charge in [0.25, 0.3) is 0 Å². The molecule has 0 aliphatic heterocycles. The maximum absolute atomic E-state index is 12.2. The molecular weight excluding hydrogens is 318 g/mol. The second-order valence-electron chi connectivity index (χ2n) is 5.45. The topological polar surface area (TPSA) is 70.6 Å². The Morgan fingerprint density at radius 3 is 2.79 bits per heavy atom. The number of ether oxygens (including phenoxy) is 1. The Morgan fingerprint density at radius 2 is 2.00 bits per heavy atom. The Bertz CT molecular complexity index is 739. The molecule has 2 aromatic carbocycles. The summed E-state index contributed by atoms with van der Waals surface area (Å²) in [5, 5.41) is 15.4. The highest BCUT2D eigenvalue weighted by molar-refractivity contribution is 5.89. The van der Waals surface area contributed by atoms with Crippen LogP contribution in [0.25, 0.3) is 0 Å².